The van der Waals surface area contributed by atoms with Gasteiger partial charge in [-0.1, -0.05) is 22.0 Å². The topological polar surface area (TPSA) is 63.1 Å². The number of hydrogen-bond donors (Lipinski definition) is 1. The highest BCUT2D eigenvalue weighted by Gasteiger charge is 2.32. The van der Waals surface area contributed by atoms with E-state index in [9.17, 15) is 9.90 Å². The number of benzene rings is 1. The van der Waals surface area contributed by atoms with Crippen molar-refractivity contribution in [2.24, 2.45) is 0 Å². The van der Waals surface area contributed by atoms with Gasteiger partial charge in [-0.25, -0.2) is 9.97 Å². The molecule has 2 aromatic rings. The number of aliphatic carboxylic acids is 1. The van der Waals surface area contributed by atoms with Gasteiger partial charge in [-0.15, -0.1) is 0 Å². The fraction of sp³-hybridized carbons (Fsp3) is 0.267. The summed E-state index contributed by atoms with van der Waals surface area (Å²) >= 11 is 3.44. The highest BCUT2D eigenvalue weighted by molar-refractivity contribution is 9.10. The van der Waals surface area contributed by atoms with Crippen molar-refractivity contribution in [1.82, 2.24) is 9.97 Å². The van der Waals surface area contributed by atoms with Gasteiger partial charge >= 0.3 is 5.97 Å². The molecule has 0 amide bonds. The number of carboxylic acids is 1. The molecule has 0 bridgehead atoms. The first-order chi connectivity index (χ1) is 9.32. The minimum absolute atomic E-state index is 0.307. The molecular weight excluding hydrogens is 320 g/mol. The summed E-state index contributed by atoms with van der Waals surface area (Å²) < 4.78 is 0.954. The molecule has 1 N–H and O–H groups in total. The van der Waals surface area contributed by atoms with E-state index in [1.807, 2.05) is 25.1 Å². The third-order valence-electron chi connectivity index (χ3n) is 3.22. The van der Waals surface area contributed by atoms with Gasteiger partial charge in [0.2, 0.25) is 0 Å². The standard InChI is InChI=1S/C15H15BrN2O2/c1-9-4-5-10(16)8-11(9)12-6-7-17-13(18-12)15(2,3)14(19)20/h4-8H,1-3H3,(H,19,20). The van der Waals surface area contributed by atoms with Gasteiger partial charge in [-0.2, -0.15) is 0 Å². The minimum Gasteiger partial charge on any atom is -0.481 e. The van der Waals surface area contributed by atoms with Crippen LogP contribution in [0.2, 0.25) is 0 Å². The molecule has 0 radical (unpaired) electrons. The number of aryl methyl sites for hydroxylation is 1. The van der Waals surface area contributed by atoms with Gasteiger partial charge in [0.05, 0.1) is 5.69 Å². The van der Waals surface area contributed by atoms with Crippen molar-refractivity contribution >= 4 is 21.9 Å². The Labute approximate surface area is 126 Å². The van der Waals surface area contributed by atoms with Crippen molar-refractivity contribution < 1.29 is 9.90 Å². The zero-order valence-electron chi connectivity index (χ0n) is 11.5. The normalized spacial score (nSPS) is 11.4. The van der Waals surface area contributed by atoms with Crippen molar-refractivity contribution in [3.05, 3.63) is 46.3 Å². The molecule has 1 heterocycles. The zero-order valence-corrected chi connectivity index (χ0v) is 13.1. The van der Waals surface area contributed by atoms with Crippen LogP contribution in [0.15, 0.2) is 34.9 Å². The van der Waals surface area contributed by atoms with Crippen LogP contribution in [-0.2, 0) is 10.2 Å². The summed E-state index contributed by atoms with van der Waals surface area (Å²) in [6.45, 7) is 5.19. The minimum atomic E-state index is -1.12. The fourth-order valence-electron chi connectivity index (χ4n) is 1.78. The zero-order chi connectivity index (χ0) is 14.9. The van der Waals surface area contributed by atoms with E-state index in [4.69, 9.17) is 0 Å². The van der Waals surface area contributed by atoms with E-state index in [1.54, 1.807) is 26.1 Å². The van der Waals surface area contributed by atoms with E-state index in [0.29, 0.717) is 5.82 Å². The molecule has 0 aliphatic carbocycles. The number of nitrogens with zero attached hydrogens (tertiary/aromatic N) is 2. The Morgan fingerprint density at radius 1 is 1.30 bits per heavy atom. The second kappa shape index (κ2) is 5.32. The highest BCUT2D eigenvalue weighted by atomic mass is 79.9. The van der Waals surface area contributed by atoms with Crippen LogP contribution in [0.1, 0.15) is 25.2 Å². The summed E-state index contributed by atoms with van der Waals surface area (Å²) in [5, 5.41) is 9.27. The van der Waals surface area contributed by atoms with Gasteiger partial charge in [-0.3, -0.25) is 4.79 Å². The largest absolute Gasteiger partial charge is 0.481 e. The molecule has 0 saturated heterocycles. The Bertz CT molecular complexity index is 669. The number of rotatable bonds is 3. The van der Waals surface area contributed by atoms with Gasteiger partial charge in [-0.05, 0) is 44.5 Å². The lowest BCUT2D eigenvalue weighted by Crippen LogP contribution is -2.30. The molecule has 0 atom stereocenters. The van der Waals surface area contributed by atoms with E-state index in [0.717, 1.165) is 21.3 Å². The molecule has 2 rings (SSSR count). The van der Waals surface area contributed by atoms with Gasteiger partial charge in [0.15, 0.2) is 0 Å². The molecule has 5 heteroatoms. The van der Waals surface area contributed by atoms with Crippen LogP contribution in [0.5, 0.6) is 0 Å². The third kappa shape index (κ3) is 2.72. The molecule has 1 aromatic carbocycles. The first-order valence-corrected chi connectivity index (χ1v) is 6.95. The SMILES string of the molecule is Cc1ccc(Br)cc1-c1ccnc(C(C)(C)C(=O)O)n1. The Hall–Kier alpha value is -1.75. The van der Waals surface area contributed by atoms with Gasteiger partial charge < -0.3 is 5.11 Å². The molecule has 1 aromatic heterocycles. The lowest BCUT2D eigenvalue weighted by Gasteiger charge is -2.18. The number of hydrogen-bond acceptors (Lipinski definition) is 3. The van der Waals surface area contributed by atoms with Crippen LogP contribution in [-0.4, -0.2) is 21.0 Å². The van der Waals surface area contributed by atoms with Gasteiger partial charge in [0.25, 0.3) is 0 Å². The summed E-state index contributed by atoms with van der Waals surface area (Å²) in [7, 11) is 0. The maximum atomic E-state index is 11.3. The quantitative estimate of drug-likeness (QED) is 0.931. The van der Waals surface area contributed by atoms with Crippen molar-refractivity contribution in [2.45, 2.75) is 26.2 Å². The summed E-state index contributed by atoms with van der Waals surface area (Å²) in [4.78, 5) is 19.8. The molecule has 20 heavy (non-hydrogen) atoms. The van der Waals surface area contributed by atoms with Crippen molar-refractivity contribution in [3.8, 4) is 11.3 Å². The van der Waals surface area contributed by atoms with Crippen LogP contribution in [0.25, 0.3) is 11.3 Å². The van der Waals surface area contributed by atoms with Crippen LogP contribution in [0, 0.1) is 6.92 Å². The fourth-order valence-corrected chi connectivity index (χ4v) is 2.14. The Balaban J connectivity index is 2.55. The molecule has 0 spiro atoms. The predicted octanol–water partition coefficient (Wildman–Crippen LogP) is 3.58. The van der Waals surface area contributed by atoms with Gasteiger partial charge in [0.1, 0.15) is 11.2 Å². The van der Waals surface area contributed by atoms with E-state index < -0.39 is 11.4 Å². The maximum Gasteiger partial charge on any atom is 0.316 e. The van der Waals surface area contributed by atoms with Gasteiger partial charge in [0, 0.05) is 16.2 Å². The van der Waals surface area contributed by atoms with Crippen LogP contribution >= 0.6 is 15.9 Å². The van der Waals surface area contributed by atoms with E-state index >= 15 is 0 Å². The molecule has 0 aliphatic heterocycles. The first kappa shape index (κ1) is 14.7. The molecule has 0 unspecified atom stereocenters. The molecule has 0 saturated carbocycles. The smallest absolute Gasteiger partial charge is 0.316 e. The summed E-state index contributed by atoms with van der Waals surface area (Å²) in [6, 6.07) is 7.71. The lowest BCUT2D eigenvalue weighted by atomic mass is 9.92. The third-order valence-corrected chi connectivity index (χ3v) is 3.72. The average molecular weight is 335 g/mol. The summed E-state index contributed by atoms with van der Waals surface area (Å²) in [6.07, 6.45) is 1.60. The van der Waals surface area contributed by atoms with Crippen molar-refractivity contribution in [1.29, 1.82) is 0 Å². The summed E-state index contributed by atoms with van der Waals surface area (Å²) in [5.74, 6) is -0.637. The highest BCUT2D eigenvalue weighted by Crippen LogP contribution is 2.27. The number of carboxylic acid groups (broad SMARTS) is 1. The van der Waals surface area contributed by atoms with E-state index in [-0.39, 0.29) is 0 Å². The molecular formula is C15H15BrN2O2. The monoisotopic (exact) mass is 334 g/mol. The lowest BCUT2D eigenvalue weighted by molar-refractivity contribution is -0.142. The van der Waals surface area contributed by atoms with Crippen molar-refractivity contribution in [3.63, 3.8) is 0 Å². The average Bonchev–Trinajstić information content (AvgIpc) is 2.41. The Morgan fingerprint density at radius 3 is 2.65 bits per heavy atom. The Kier molecular flexibility index (Phi) is 3.90. The Morgan fingerprint density at radius 2 is 2.00 bits per heavy atom. The molecule has 0 aliphatic rings. The second-order valence-electron chi connectivity index (χ2n) is 5.15. The first-order valence-electron chi connectivity index (χ1n) is 6.16. The number of halogens is 1. The van der Waals surface area contributed by atoms with Crippen molar-refractivity contribution in [2.75, 3.05) is 0 Å². The maximum absolute atomic E-state index is 11.3. The van der Waals surface area contributed by atoms with Crippen LogP contribution in [0.3, 0.4) is 0 Å². The van der Waals surface area contributed by atoms with E-state index in [1.165, 1.54) is 0 Å². The molecule has 0 fully saturated rings. The molecule has 104 valence electrons. The molecule has 4 nitrogen and oxygen atoms in total. The summed E-state index contributed by atoms with van der Waals surface area (Å²) in [5.41, 5.74) is 1.65. The second-order valence-corrected chi connectivity index (χ2v) is 6.07. The predicted molar refractivity (Wildman–Crippen MR) is 80.6 cm³/mol. The van der Waals surface area contributed by atoms with Crippen LogP contribution in [0.4, 0.5) is 0 Å². The van der Waals surface area contributed by atoms with Crippen LogP contribution < -0.4 is 0 Å². The van der Waals surface area contributed by atoms with E-state index in [2.05, 4.69) is 25.9 Å². The number of aromatic nitrogens is 2. The number of carbonyl (C=O) groups is 1.